The van der Waals surface area contributed by atoms with Gasteiger partial charge in [-0.2, -0.15) is 0 Å². The van der Waals surface area contributed by atoms with Crippen LogP contribution >= 0.6 is 0 Å². The van der Waals surface area contributed by atoms with Gasteiger partial charge < -0.3 is 10.1 Å². The van der Waals surface area contributed by atoms with E-state index in [-0.39, 0.29) is 5.41 Å². The average Bonchev–Trinajstić information content (AvgIpc) is 2.44. The first-order valence-corrected chi connectivity index (χ1v) is 8.32. The highest BCUT2D eigenvalue weighted by Crippen LogP contribution is 2.24. The summed E-state index contributed by atoms with van der Waals surface area (Å²) in [7, 11) is 0. The minimum atomic E-state index is 0.0442. The molecule has 1 aromatic rings. The van der Waals surface area contributed by atoms with Crippen molar-refractivity contribution in [2.75, 3.05) is 13.2 Å². The molecule has 3 nitrogen and oxygen atoms in total. The molecule has 0 aromatic carbocycles. The maximum Gasteiger partial charge on any atom is 0.213 e. The maximum absolute atomic E-state index is 5.87. The highest BCUT2D eigenvalue weighted by atomic mass is 16.5. The van der Waals surface area contributed by atoms with E-state index in [1.807, 2.05) is 0 Å². The van der Waals surface area contributed by atoms with Crippen LogP contribution in [0.1, 0.15) is 71.6 Å². The molecular weight excluding hydrogens is 260 g/mol. The van der Waals surface area contributed by atoms with Gasteiger partial charge in [-0.25, -0.2) is 4.98 Å². The Hall–Kier alpha value is -1.09. The quantitative estimate of drug-likeness (QED) is 0.683. The molecular formula is C18H32N2O. The van der Waals surface area contributed by atoms with Crippen LogP contribution in [0, 0.1) is 0 Å². The molecule has 21 heavy (non-hydrogen) atoms. The molecule has 0 aliphatic rings. The largest absolute Gasteiger partial charge is 0.478 e. The monoisotopic (exact) mass is 292 g/mol. The molecule has 0 bridgehead atoms. The van der Waals surface area contributed by atoms with Crippen LogP contribution in [-0.4, -0.2) is 18.1 Å². The zero-order valence-electron chi connectivity index (χ0n) is 14.5. The van der Waals surface area contributed by atoms with Crippen molar-refractivity contribution in [3.05, 3.63) is 23.4 Å². The first-order valence-electron chi connectivity index (χ1n) is 8.32. The summed E-state index contributed by atoms with van der Waals surface area (Å²) >= 11 is 0. The third-order valence-corrected chi connectivity index (χ3v) is 3.46. The second-order valence-corrected chi connectivity index (χ2v) is 6.64. The zero-order valence-corrected chi connectivity index (χ0v) is 14.5. The van der Waals surface area contributed by atoms with Crippen LogP contribution in [0.15, 0.2) is 12.1 Å². The third kappa shape index (κ3) is 6.94. The second kappa shape index (κ2) is 9.04. The maximum atomic E-state index is 5.87. The highest BCUT2D eigenvalue weighted by Gasteiger charge is 2.17. The fraction of sp³-hybridized carbons (Fsp3) is 0.722. The molecule has 0 amide bonds. The van der Waals surface area contributed by atoms with E-state index in [1.54, 1.807) is 0 Å². The van der Waals surface area contributed by atoms with Crippen molar-refractivity contribution in [2.24, 2.45) is 0 Å². The molecule has 1 rings (SSSR count). The predicted octanol–water partition coefficient (Wildman–Crippen LogP) is 4.45. The van der Waals surface area contributed by atoms with E-state index < -0.39 is 0 Å². The number of pyridine rings is 1. The van der Waals surface area contributed by atoms with E-state index in [2.05, 4.69) is 57.1 Å². The fourth-order valence-corrected chi connectivity index (χ4v) is 2.09. The molecule has 0 fully saturated rings. The van der Waals surface area contributed by atoms with Crippen LogP contribution in [0.5, 0.6) is 5.88 Å². The lowest BCUT2D eigenvalue weighted by Gasteiger charge is -2.20. The Morgan fingerprint density at radius 2 is 1.86 bits per heavy atom. The summed E-state index contributed by atoms with van der Waals surface area (Å²) in [6.07, 6.45) is 4.88. The van der Waals surface area contributed by atoms with Crippen LogP contribution in [-0.2, 0) is 12.0 Å². The number of unbranched alkanes of at least 4 members (excludes halogenated alkanes) is 3. The Morgan fingerprint density at radius 3 is 2.48 bits per heavy atom. The molecule has 1 N–H and O–H groups in total. The van der Waals surface area contributed by atoms with Gasteiger partial charge in [0.05, 0.1) is 12.3 Å². The predicted molar refractivity (Wildman–Crippen MR) is 90.0 cm³/mol. The molecule has 120 valence electrons. The van der Waals surface area contributed by atoms with Crippen LogP contribution in [0.2, 0.25) is 0 Å². The second-order valence-electron chi connectivity index (χ2n) is 6.64. The van der Waals surface area contributed by atoms with Crippen molar-refractivity contribution in [3.63, 3.8) is 0 Å². The van der Waals surface area contributed by atoms with E-state index in [9.17, 15) is 0 Å². The molecule has 1 heterocycles. The van der Waals surface area contributed by atoms with Crippen LogP contribution < -0.4 is 10.1 Å². The number of ether oxygens (including phenoxy) is 1. The van der Waals surface area contributed by atoms with Gasteiger partial charge in [0.2, 0.25) is 5.88 Å². The van der Waals surface area contributed by atoms with Gasteiger partial charge in [0, 0.05) is 18.0 Å². The molecule has 0 aliphatic carbocycles. The van der Waals surface area contributed by atoms with Gasteiger partial charge in [0.25, 0.3) is 0 Å². The Bertz CT molecular complexity index is 410. The Labute approximate surface area is 130 Å². The first-order chi connectivity index (χ1) is 9.97. The van der Waals surface area contributed by atoms with Crippen LogP contribution in [0.25, 0.3) is 0 Å². The fourth-order valence-electron chi connectivity index (χ4n) is 2.09. The van der Waals surface area contributed by atoms with Crippen molar-refractivity contribution in [3.8, 4) is 5.88 Å². The summed E-state index contributed by atoms with van der Waals surface area (Å²) in [5.41, 5.74) is 2.39. The minimum absolute atomic E-state index is 0.0442. The summed E-state index contributed by atoms with van der Waals surface area (Å²) in [6.45, 7) is 13.5. The average molecular weight is 292 g/mol. The molecule has 0 atom stereocenters. The molecule has 0 unspecified atom stereocenters. The van der Waals surface area contributed by atoms with Crippen LogP contribution in [0.4, 0.5) is 0 Å². The van der Waals surface area contributed by atoms with Crippen molar-refractivity contribution >= 4 is 0 Å². The summed E-state index contributed by atoms with van der Waals surface area (Å²) in [4.78, 5) is 4.68. The summed E-state index contributed by atoms with van der Waals surface area (Å²) in [5, 5.41) is 3.37. The van der Waals surface area contributed by atoms with E-state index in [0.29, 0.717) is 0 Å². The molecule has 3 heteroatoms. The normalized spacial score (nSPS) is 11.7. The SMILES string of the molecule is CCCCCCOc1cc(CNCC)cc(C(C)(C)C)n1. The lowest BCUT2D eigenvalue weighted by molar-refractivity contribution is 0.291. The number of rotatable bonds is 9. The van der Waals surface area contributed by atoms with Gasteiger partial charge in [0.15, 0.2) is 0 Å². The number of nitrogens with one attached hydrogen (secondary N) is 1. The summed E-state index contributed by atoms with van der Waals surface area (Å²) in [6, 6.07) is 4.25. The van der Waals surface area contributed by atoms with Gasteiger partial charge in [-0.05, 0) is 24.6 Å². The van der Waals surface area contributed by atoms with E-state index in [1.165, 1.54) is 24.8 Å². The molecule has 0 saturated carbocycles. The first kappa shape index (κ1) is 18.0. The summed E-state index contributed by atoms with van der Waals surface area (Å²) < 4.78 is 5.87. The van der Waals surface area contributed by atoms with E-state index >= 15 is 0 Å². The third-order valence-electron chi connectivity index (χ3n) is 3.46. The van der Waals surface area contributed by atoms with Gasteiger partial charge in [-0.3, -0.25) is 0 Å². The van der Waals surface area contributed by atoms with Gasteiger partial charge >= 0.3 is 0 Å². The standard InChI is InChI=1S/C18H32N2O/c1-6-8-9-10-11-21-17-13-15(14-19-7-2)12-16(20-17)18(3,4)5/h12-13,19H,6-11,14H2,1-5H3. The van der Waals surface area contributed by atoms with Crippen molar-refractivity contribution in [1.82, 2.24) is 10.3 Å². The summed E-state index contributed by atoms with van der Waals surface area (Å²) in [5.74, 6) is 0.770. The minimum Gasteiger partial charge on any atom is -0.478 e. The van der Waals surface area contributed by atoms with Crippen LogP contribution in [0.3, 0.4) is 0 Å². The molecule has 0 radical (unpaired) electrons. The van der Waals surface area contributed by atoms with Gasteiger partial charge in [-0.1, -0.05) is 53.9 Å². The lowest BCUT2D eigenvalue weighted by Crippen LogP contribution is -2.17. The zero-order chi connectivity index (χ0) is 15.7. The van der Waals surface area contributed by atoms with Crippen molar-refractivity contribution < 1.29 is 4.74 Å². The van der Waals surface area contributed by atoms with E-state index in [4.69, 9.17) is 4.74 Å². The number of hydrogen-bond acceptors (Lipinski definition) is 3. The number of nitrogens with zero attached hydrogens (tertiary/aromatic N) is 1. The highest BCUT2D eigenvalue weighted by molar-refractivity contribution is 5.28. The van der Waals surface area contributed by atoms with Gasteiger partial charge in [-0.15, -0.1) is 0 Å². The smallest absolute Gasteiger partial charge is 0.213 e. The molecule has 0 spiro atoms. The van der Waals surface area contributed by atoms with Crippen molar-refractivity contribution in [2.45, 2.75) is 72.3 Å². The molecule has 1 aromatic heterocycles. The number of hydrogen-bond donors (Lipinski definition) is 1. The van der Waals surface area contributed by atoms with Crippen molar-refractivity contribution in [1.29, 1.82) is 0 Å². The Balaban J connectivity index is 2.72. The van der Waals surface area contributed by atoms with Gasteiger partial charge in [0.1, 0.15) is 0 Å². The Kier molecular flexibility index (Phi) is 7.73. The topological polar surface area (TPSA) is 34.1 Å². The Morgan fingerprint density at radius 1 is 1.10 bits per heavy atom. The number of aromatic nitrogens is 1. The van der Waals surface area contributed by atoms with E-state index in [0.717, 1.165) is 37.7 Å². The lowest BCUT2D eigenvalue weighted by atomic mass is 9.91. The molecule has 0 saturated heterocycles. The molecule has 0 aliphatic heterocycles.